The molecular formula is C15H18N4O2. The summed E-state index contributed by atoms with van der Waals surface area (Å²) in [5.74, 6) is 0.240. The molecule has 0 bridgehead atoms. The van der Waals surface area contributed by atoms with E-state index in [-0.39, 0.29) is 5.56 Å². The van der Waals surface area contributed by atoms with Crippen LogP contribution in [0.1, 0.15) is 48.5 Å². The van der Waals surface area contributed by atoms with Crippen molar-refractivity contribution < 1.29 is 4.79 Å². The minimum Gasteiger partial charge on any atom is -0.328 e. The van der Waals surface area contributed by atoms with Crippen LogP contribution in [-0.2, 0) is 0 Å². The molecule has 1 aliphatic carbocycles. The van der Waals surface area contributed by atoms with Crippen molar-refractivity contribution >= 4 is 11.7 Å². The second-order valence-electron chi connectivity index (χ2n) is 5.32. The van der Waals surface area contributed by atoms with E-state index in [1.165, 1.54) is 31.5 Å². The number of hydrogen-bond acceptors (Lipinski definition) is 3. The number of aromatic nitrogens is 3. The van der Waals surface area contributed by atoms with Crippen molar-refractivity contribution in [1.82, 2.24) is 14.8 Å². The molecule has 0 aromatic carbocycles. The molecule has 0 spiro atoms. The zero-order valence-electron chi connectivity index (χ0n) is 11.7. The molecule has 2 aromatic rings. The Labute approximate surface area is 122 Å². The molecule has 21 heavy (non-hydrogen) atoms. The predicted molar refractivity (Wildman–Crippen MR) is 79.4 cm³/mol. The molecule has 2 N–H and O–H groups in total. The number of nitrogens with one attached hydrogen (secondary N) is 2. The average molecular weight is 286 g/mol. The molecule has 6 nitrogen and oxygen atoms in total. The van der Waals surface area contributed by atoms with E-state index in [9.17, 15) is 9.59 Å². The number of anilines is 1. The van der Waals surface area contributed by atoms with Gasteiger partial charge >= 0.3 is 0 Å². The highest BCUT2D eigenvalue weighted by molar-refractivity contribution is 6.03. The van der Waals surface area contributed by atoms with Gasteiger partial charge in [-0.3, -0.25) is 9.59 Å². The van der Waals surface area contributed by atoms with E-state index < -0.39 is 11.5 Å². The number of aromatic amines is 1. The Balaban J connectivity index is 1.79. The lowest BCUT2D eigenvalue weighted by Gasteiger charge is -2.23. The summed E-state index contributed by atoms with van der Waals surface area (Å²) < 4.78 is 1.87. The first kappa shape index (κ1) is 13.6. The molecule has 1 aliphatic rings. The second-order valence-corrected chi connectivity index (χ2v) is 5.32. The fraction of sp³-hybridized carbons (Fsp3) is 0.400. The van der Waals surface area contributed by atoms with Crippen LogP contribution in [0.5, 0.6) is 0 Å². The Morgan fingerprint density at radius 3 is 2.86 bits per heavy atom. The van der Waals surface area contributed by atoms with E-state index in [0.29, 0.717) is 11.9 Å². The molecule has 1 fully saturated rings. The highest BCUT2D eigenvalue weighted by atomic mass is 16.2. The largest absolute Gasteiger partial charge is 0.328 e. The van der Waals surface area contributed by atoms with E-state index in [4.69, 9.17) is 0 Å². The maximum atomic E-state index is 12.2. The standard InChI is InChI=1S/C15H18N4O2/c20-14-12(7-4-9-16-14)15(21)18-13-8-10-17-19(13)11-5-2-1-3-6-11/h4,7-11H,1-3,5-6H2,(H,16,20)(H,18,21). The number of pyridine rings is 1. The highest BCUT2D eigenvalue weighted by Crippen LogP contribution is 2.29. The second kappa shape index (κ2) is 5.95. The van der Waals surface area contributed by atoms with Gasteiger partial charge in [0.1, 0.15) is 11.4 Å². The number of nitrogens with zero attached hydrogens (tertiary/aromatic N) is 2. The van der Waals surface area contributed by atoms with Crippen LogP contribution in [0.25, 0.3) is 0 Å². The van der Waals surface area contributed by atoms with Crippen molar-refractivity contribution in [2.45, 2.75) is 38.1 Å². The molecule has 3 rings (SSSR count). The summed E-state index contributed by atoms with van der Waals surface area (Å²) in [6.07, 6.45) is 8.99. The fourth-order valence-corrected chi connectivity index (χ4v) is 2.81. The first-order chi connectivity index (χ1) is 10.3. The topological polar surface area (TPSA) is 79.8 Å². The Bertz CT molecular complexity index is 683. The smallest absolute Gasteiger partial charge is 0.262 e. The van der Waals surface area contributed by atoms with E-state index in [1.807, 2.05) is 4.68 Å². The van der Waals surface area contributed by atoms with Crippen molar-refractivity contribution in [2.75, 3.05) is 5.32 Å². The van der Waals surface area contributed by atoms with Crippen LogP contribution in [0.3, 0.4) is 0 Å². The summed E-state index contributed by atoms with van der Waals surface area (Å²) in [6.45, 7) is 0. The van der Waals surface area contributed by atoms with Crippen molar-refractivity contribution in [3.05, 3.63) is 46.5 Å². The molecule has 0 saturated heterocycles. The summed E-state index contributed by atoms with van der Waals surface area (Å²) in [4.78, 5) is 26.3. The molecule has 0 atom stereocenters. The van der Waals surface area contributed by atoms with Gasteiger partial charge in [-0.15, -0.1) is 0 Å². The van der Waals surface area contributed by atoms with E-state index in [2.05, 4.69) is 15.4 Å². The van der Waals surface area contributed by atoms with Crippen LogP contribution in [0.4, 0.5) is 5.82 Å². The monoisotopic (exact) mass is 286 g/mol. The van der Waals surface area contributed by atoms with Crippen molar-refractivity contribution in [3.8, 4) is 0 Å². The lowest BCUT2D eigenvalue weighted by Crippen LogP contribution is -2.25. The van der Waals surface area contributed by atoms with Crippen molar-refractivity contribution in [2.24, 2.45) is 0 Å². The van der Waals surface area contributed by atoms with E-state index in [0.717, 1.165) is 12.8 Å². The maximum absolute atomic E-state index is 12.2. The van der Waals surface area contributed by atoms with Gasteiger partial charge in [0.2, 0.25) is 0 Å². The predicted octanol–water partition coefficient (Wildman–Crippen LogP) is 2.33. The van der Waals surface area contributed by atoms with E-state index in [1.54, 1.807) is 18.3 Å². The Kier molecular flexibility index (Phi) is 3.85. The third kappa shape index (κ3) is 2.89. The van der Waals surface area contributed by atoms with Gasteiger partial charge in [-0.05, 0) is 25.0 Å². The van der Waals surface area contributed by atoms with Crippen LogP contribution >= 0.6 is 0 Å². The number of H-pyrrole nitrogens is 1. The van der Waals surface area contributed by atoms with Gasteiger partial charge < -0.3 is 10.3 Å². The molecule has 6 heteroatoms. The van der Waals surface area contributed by atoms with Crippen LogP contribution in [0.2, 0.25) is 0 Å². The molecule has 1 amide bonds. The van der Waals surface area contributed by atoms with Crippen LogP contribution in [0, 0.1) is 0 Å². The normalized spacial score (nSPS) is 15.8. The molecule has 0 radical (unpaired) electrons. The Morgan fingerprint density at radius 1 is 1.29 bits per heavy atom. The van der Waals surface area contributed by atoms with Crippen LogP contribution in [-0.4, -0.2) is 20.7 Å². The quantitative estimate of drug-likeness (QED) is 0.908. The first-order valence-corrected chi connectivity index (χ1v) is 7.28. The summed E-state index contributed by atoms with van der Waals surface area (Å²) >= 11 is 0. The molecule has 0 unspecified atom stereocenters. The lowest BCUT2D eigenvalue weighted by molar-refractivity contribution is 0.102. The first-order valence-electron chi connectivity index (χ1n) is 7.28. The summed E-state index contributed by atoms with van der Waals surface area (Å²) in [5.41, 5.74) is -0.285. The Hall–Kier alpha value is -2.37. The lowest BCUT2D eigenvalue weighted by atomic mass is 9.96. The minimum absolute atomic E-state index is 0.105. The fourth-order valence-electron chi connectivity index (χ4n) is 2.81. The third-order valence-electron chi connectivity index (χ3n) is 3.90. The molecule has 0 aliphatic heterocycles. The number of amides is 1. The zero-order valence-corrected chi connectivity index (χ0v) is 11.7. The third-order valence-corrected chi connectivity index (χ3v) is 3.90. The minimum atomic E-state index is -0.408. The van der Waals surface area contributed by atoms with Crippen LogP contribution in [0.15, 0.2) is 35.4 Å². The molecule has 2 heterocycles. The van der Waals surface area contributed by atoms with Gasteiger partial charge in [0.25, 0.3) is 11.5 Å². The summed E-state index contributed by atoms with van der Waals surface area (Å²) in [5, 5.41) is 7.11. The van der Waals surface area contributed by atoms with Crippen molar-refractivity contribution in [3.63, 3.8) is 0 Å². The number of rotatable bonds is 3. The highest BCUT2D eigenvalue weighted by Gasteiger charge is 2.20. The van der Waals surface area contributed by atoms with Gasteiger partial charge in [-0.2, -0.15) is 5.10 Å². The van der Waals surface area contributed by atoms with Crippen molar-refractivity contribution in [1.29, 1.82) is 0 Å². The van der Waals surface area contributed by atoms with Gasteiger partial charge in [0.15, 0.2) is 0 Å². The maximum Gasteiger partial charge on any atom is 0.262 e. The van der Waals surface area contributed by atoms with E-state index >= 15 is 0 Å². The van der Waals surface area contributed by atoms with Crippen LogP contribution < -0.4 is 10.9 Å². The number of hydrogen-bond donors (Lipinski definition) is 2. The average Bonchev–Trinajstić information content (AvgIpc) is 2.96. The zero-order chi connectivity index (χ0) is 14.7. The van der Waals surface area contributed by atoms with Gasteiger partial charge in [-0.25, -0.2) is 4.68 Å². The van der Waals surface area contributed by atoms with Gasteiger partial charge in [-0.1, -0.05) is 19.3 Å². The molecule has 1 saturated carbocycles. The molecular weight excluding hydrogens is 268 g/mol. The number of carbonyl (C=O) groups is 1. The summed E-state index contributed by atoms with van der Waals surface area (Å²) in [7, 11) is 0. The van der Waals surface area contributed by atoms with Gasteiger partial charge in [0.05, 0.1) is 12.2 Å². The molecule has 2 aromatic heterocycles. The Morgan fingerprint density at radius 2 is 2.10 bits per heavy atom. The molecule has 110 valence electrons. The van der Waals surface area contributed by atoms with Gasteiger partial charge in [0, 0.05) is 12.3 Å². The summed E-state index contributed by atoms with van der Waals surface area (Å²) in [6, 6.07) is 5.24. The number of carbonyl (C=O) groups excluding carboxylic acids is 1. The SMILES string of the molecule is O=C(Nc1ccnn1C1CCCCC1)c1ccc[nH]c1=O.